The minimum atomic E-state index is -0.465. The SMILES string of the molecule is Cc1cccc(OCc2nnsc2N)c1[N+](=O)[O-]. The van der Waals surface area contributed by atoms with Crippen LogP contribution in [0.5, 0.6) is 5.75 Å². The molecule has 7 nitrogen and oxygen atoms in total. The minimum Gasteiger partial charge on any atom is -0.480 e. The van der Waals surface area contributed by atoms with E-state index in [1.807, 2.05) is 0 Å². The summed E-state index contributed by atoms with van der Waals surface area (Å²) in [4.78, 5) is 10.5. The van der Waals surface area contributed by atoms with Crippen LogP contribution in [-0.2, 0) is 6.61 Å². The van der Waals surface area contributed by atoms with Gasteiger partial charge in [0, 0.05) is 17.1 Å². The summed E-state index contributed by atoms with van der Waals surface area (Å²) >= 11 is 1.06. The zero-order chi connectivity index (χ0) is 13.1. The lowest BCUT2D eigenvalue weighted by Crippen LogP contribution is -2.02. The summed E-state index contributed by atoms with van der Waals surface area (Å²) in [6.07, 6.45) is 0. The van der Waals surface area contributed by atoms with Gasteiger partial charge < -0.3 is 10.5 Å². The molecule has 0 amide bonds. The van der Waals surface area contributed by atoms with Gasteiger partial charge in [-0.15, -0.1) is 5.10 Å². The summed E-state index contributed by atoms with van der Waals surface area (Å²) in [5.41, 5.74) is 6.60. The van der Waals surface area contributed by atoms with Crippen molar-refractivity contribution in [3.63, 3.8) is 0 Å². The van der Waals surface area contributed by atoms with E-state index in [2.05, 4.69) is 9.59 Å². The number of hydrogen-bond donors (Lipinski definition) is 1. The van der Waals surface area contributed by atoms with Gasteiger partial charge in [-0.1, -0.05) is 16.6 Å². The number of nitrogens with two attached hydrogens (primary N) is 1. The molecule has 0 saturated carbocycles. The monoisotopic (exact) mass is 266 g/mol. The average Bonchev–Trinajstić information content (AvgIpc) is 2.71. The van der Waals surface area contributed by atoms with Crippen molar-refractivity contribution >= 4 is 22.2 Å². The smallest absolute Gasteiger partial charge is 0.313 e. The number of ether oxygens (including phenoxy) is 1. The number of rotatable bonds is 4. The van der Waals surface area contributed by atoms with E-state index in [0.29, 0.717) is 16.3 Å². The van der Waals surface area contributed by atoms with Crippen molar-refractivity contribution in [1.29, 1.82) is 0 Å². The minimum absolute atomic E-state index is 0.0424. The molecule has 18 heavy (non-hydrogen) atoms. The van der Waals surface area contributed by atoms with Gasteiger partial charge in [0.15, 0.2) is 5.75 Å². The molecular formula is C10H10N4O3S. The van der Waals surface area contributed by atoms with Gasteiger partial charge in [-0.3, -0.25) is 10.1 Å². The number of para-hydroxylation sites is 1. The number of nitro benzene ring substituents is 1. The first kappa shape index (κ1) is 12.2. The van der Waals surface area contributed by atoms with Gasteiger partial charge in [0.2, 0.25) is 0 Å². The number of aryl methyl sites for hydroxylation is 1. The highest BCUT2D eigenvalue weighted by Crippen LogP contribution is 2.31. The van der Waals surface area contributed by atoms with E-state index in [-0.39, 0.29) is 18.0 Å². The molecule has 0 aliphatic heterocycles. The molecule has 0 radical (unpaired) electrons. The third kappa shape index (κ3) is 2.38. The van der Waals surface area contributed by atoms with Crippen LogP contribution in [0.25, 0.3) is 0 Å². The fraction of sp³-hybridized carbons (Fsp3) is 0.200. The molecule has 2 N–H and O–H groups in total. The fourth-order valence-corrected chi connectivity index (χ4v) is 1.88. The van der Waals surface area contributed by atoms with Crippen LogP contribution in [0.1, 0.15) is 11.3 Å². The Balaban J connectivity index is 2.22. The van der Waals surface area contributed by atoms with E-state index >= 15 is 0 Å². The molecule has 0 spiro atoms. The van der Waals surface area contributed by atoms with Crippen molar-refractivity contribution in [3.8, 4) is 5.75 Å². The molecule has 0 bridgehead atoms. The Morgan fingerprint density at radius 3 is 2.94 bits per heavy atom. The van der Waals surface area contributed by atoms with Gasteiger partial charge in [-0.2, -0.15) is 0 Å². The maximum absolute atomic E-state index is 10.9. The van der Waals surface area contributed by atoms with E-state index < -0.39 is 4.92 Å². The average molecular weight is 266 g/mol. The van der Waals surface area contributed by atoms with Gasteiger partial charge in [0.05, 0.1) is 4.92 Å². The maximum atomic E-state index is 10.9. The first-order chi connectivity index (χ1) is 8.59. The molecule has 0 aliphatic rings. The molecule has 0 aliphatic carbocycles. The summed E-state index contributed by atoms with van der Waals surface area (Å²) in [6, 6.07) is 4.89. The number of nitrogens with zero attached hydrogens (tertiary/aromatic N) is 3. The second-order valence-electron chi connectivity index (χ2n) is 3.55. The van der Waals surface area contributed by atoms with Gasteiger partial charge in [-0.25, -0.2) is 0 Å². The largest absolute Gasteiger partial charge is 0.480 e. The molecule has 2 rings (SSSR count). The first-order valence-corrected chi connectivity index (χ1v) is 5.80. The van der Waals surface area contributed by atoms with E-state index in [9.17, 15) is 10.1 Å². The Labute approximate surface area is 107 Å². The molecule has 1 heterocycles. The lowest BCUT2D eigenvalue weighted by molar-refractivity contribution is -0.386. The zero-order valence-corrected chi connectivity index (χ0v) is 10.3. The van der Waals surface area contributed by atoms with Crippen molar-refractivity contribution in [2.75, 3.05) is 5.73 Å². The number of benzene rings is 1. The van der Waals surface area contributed by atoms with Gasteiger partial charge in [-0.05, 0) is 13.0 Å². The standard InChI is InChI=1S/C10H10N4O3S/c1-6-3-2-4-8(9(6)14(15)16)17-5-7-10(11)18-13-12-7/h2-4H,5,11H2,1H3. The summed E-state index contributed by atoms with van der Waals surface area (Å²) in [6.45, 7) is 1.72. The Morgan fingerprint density at radius 1 is 1.56 bits per heavy atom. The first-order valence-electron chi connectivity index (χ1n) is 5.03. The van der Waals surface area contributed by atoms with Crippen LogP contribution < -0.4 is 10.5 Å². The number of nitro groups is 1. The van der Waals surface area contributed by atoms with E-state index in [1.165, 1.54) is 0 Å². The molecule has 0 unspecified atom stereocenters. The predicted octanol–water partition coefficient (Wildman–Crippen LogP) is 1.92. The normalized spacial score (nSPS) is 10.3. The fourth-order valence-electron chi connectivity index (χ4n) is 1.44. The Hall–Kier alpha value is -2.22. The van der Waals surface area contributed by atoms with Crippen molar-refractivity contribution in [1.82, 2.24) is 9.59 Å². The van der Waals surface area contributed by atoms with E-state index in [1.54, 1.807) is 25.1 Å². The summed E-state index contributed by atoms with van der Waals surface area (Å²) < 4.78 is 9.05. The Morgan fingerprint density at radius 2 is 2.33 bits per heavy atom. The van der Waals surface area contributed by atoms with Crippen LogP contribution in [0.4, 0.5) is 10.7 Å². The lowest BCUT2D eigenvalue weighted by Gasteiger charge is -2.06. The van der Waals surface area contributed by atoms with E-state index in [0.717, 1.165) is 11.5 Å². The summed E-state index contributed by atoms with van der Waals surface area (Å²) in [5, 5.41) is 15.2. The summed E-state index contributed by atoms with van der Waals surface area (Å²) in [5.74, 6) is 0.201. The molecule has 1 aromatic heterocycles. The quantitative estimate of drug-likeness (QED) is 0.669. The second-order valence-corrected chi connectivity index (χ2v) is 4.34. The number of anilines is 1. The zero-order valence-electron chi connectivity index (χ0n) is 9.49. The van der Waals surface area contributed by atoms with Gasteiger partial charge in [0.25, 0.3) is 0 Å². The molecule has 8 heteroatoms. The van der Waals surface area contributed by atoms with Crippen LogP contribution in [0.2, 0.25) is 0 Å². The van der Waals surface area contributed by atoms with Crippen LogP contribution in [0, 0.1) is 17.0 Å². The second kappa shape index (κ2) is 4.96. The number of nitrogen functional groups attached to an aromatic ring is 1. The Bertz CT molecular complexity index is 584. The molecule has 0 saturated heterocycles. The molecule has 94 valence electrons. The highest BCUT2D eigenvalue weighted by Gasteiger charge is 2.18. The van der Waals surface area contributed by atoms with Gasteiger partial charge >= 0.3 is 5.69 Å². The number of hydrogen-bond acceptors (Lipinski definition) is 7. The summed E-state index contributed by atoms with van der Waals surface area (Å²) in [7, 11) is 0. The topological polar surface area (TPSA) is 104 Å². The third-order valence-corrected chi connectivity index (χ3v) is 2.93. The third-order valence-electron chi connectivity index (χ3n) is 2.33. The van der Waals surface area contributed by atoms with Crippen LogP contribution >= 0.6 is 11.5 Å². The lowest BCUT2D eigenvalue weighted by atomic mass is 10.2. The highest BCUT2D eigenvalue weighted by molar-refractivity contribution is 7.09. The highest BCUT2D eigenvalue weighted by atomic mass is 32.1. The molecule has 0 fully saturated rings. The molecular weight excluding hydrogens is 256 g/mol. The van der Waals surface area contributed by atoms with Crippen molar-refractivity contribution in [3.05, 3.63) is 39.6 Å². The predicted molar refractivity (Wildman–Crippen MR) is 66.5 cm³/mol. The molecule has 0 atom stereocenters. The van der Waals surface area contributed by atoms with Crippen LogP contribution in [-0.4, -0.2) is 14.5 Å². The van der Waals surface area contributed by atoms with Crippen molar-refractivity contribution < 1.29 is 9.66 Å². The van der Waals surface area contributed by atoms with E-state index in [4.69, 9.17) is 10.5 Å². The van der Waals surface area contributed by atoms with Crippen LogP contribution in [0.15, 0.2) is 18.2 Å². The van der Waals surface area contributed by atoms with Crippen molar-refractivity contribution in [2.24, 2.45) is 0 Å². The molecule has 2 aromatic rings. The molecule has 1 aromatic carbocycles. The van der Waals surface area contributed by atoms with Gasteiger partial charge in [0.1, 0.15) is 17.3 Å². The van der Waals surface area contributed by atoms with Crippen molar-refractivity contribution in [2.45, 2.75) is 13.5 Å². The Kier molecular flexibility index (Phi) is 3.38. The van der Waals surface area contributed by atoms with Crippen LogP contribution in [0.3, 0.4) is 0 Å². The number of aromatic nitrogens is 2. The maximum Gasteiger partial charge on any atom is 0.313 e.